The molecule has 2 aliphatic heterocycles. The van der Waals surface area contributed by atoms with Gasteiger partial charge in [0.2, 0.25) is 5.91 Å². The van der Waals surface area contributed by atoms with Gasteiger partial charge in [0.15, 0.2) is 5.79 Å². The minimum Gasteiger partial charge on any atom is -0.352 e. The molecule has 142 valence electrons. The molecule has 3 fully saturated rings. The zero-order chi connectivity index (χ0) is 17.8. The first kappa shape index (κ1) is 18.0. The number of carbonyl (C=O) groups is 1. The van der Waals surface area contributed by atoms with E-state index in [2.05, 4.69) is 40.5 Å². The molecule has 1 saturated carbocycles. The highest BCUT2D eigenvalue weighted by atomic mass is 16.7. The van der Waals surface area contributed by atoms with Crippen LogP contribution in [-0.2, 0) is 20.7 Å². The van der Waals surface area contributed by atoms with E-state index in [-0.39, 0.29) is 17.7 Å². The molecule has 1 N–H and O–H groups in total. The number of rotatable bonds is 5. The summed E-state index contributed by atoms with van der Waals surface area (Å²) >= 11 is 0. The van der Waals surface area contributed by atoms with Gasteiger partial charge in [0.1, 0.15) is 0 Å². The fourth-order valence-electron chi connectivity index (χ4n) is 4.67. The third-order valence-corrected chi connectivity index (χ3v) is 6.09. The van der Waals surface area contributed by atoms with Gasteiger partial charge in [0.05, 0.1) is 19.8 Å². The third kappa shape index (κ3) is 4.27. The molecule has 2 heterocycles. The second-order valence-corrected chi connectivity index (χ2v) is 7.91. The first-order valence-electron chi connectivity index (χ1n) is 10.1. The molecule has 2 saturated heterocycles. The Morgan fingerprint density at radius 1 is 1.12 bits per heavy atom. The Balaban J connectivity index is 1.24. The second kappa shape index (κ2) is 8.07. The van der Waals surface area contributed by atoms with Gasteiger partial charge in [-0.3, -0.25) is 9.69 Å². The molecule has 1 atom stereocenters. The lowest BCUT2D eigenvalue weighted by molar-refractivity contribution is -0.180. The van der Waals surface area contributed by atoms with Gasteiger partial charge in [-0.2, -0.15) is 0 Å². The van der Waals surface area contributed by atoms with E-state index in [0.717, 1.165) is 38.6 Å². The summed E-state index contributed by atoms with van der Waals surface area (Å²) in [7, 11) is 0. The Morgan fingerprint density at radius 2 is 1.85 bits per heavy atom. The number of hydrogen-bond donors (Lipinski definition) is 1. The number of ether oxygens (including phenoxy) is 2. The van der Waals surface area contributed by atoms with Crippen molar-refractivity contribution in [3.05, 3.63) is 35.9 Å². The molecule has 3 aliphatic rings. The Kier molecular flexibility index (Phi) is 5.57. The molecule has 1 aromatic carbocycles. The molecule has 5 heteroatoms. The molecule has 1 aliphatic carbocycles. The number of nitrogens with one attached hydrogen (secondary N) is 1. The van der Waals surface area contributed by atoms with Crippen LogP contribution in [0.15, 0.2) is 30.3 Å². The monoisotopic (exact) mass is 358 g/mol. The van der Waals surface area contributed by atoms with Crippen LogP contribution < -0.4 is 5.32 Å². The van der Waals surface area contributed by atoms with Crippen molar-refractivity contribution in [3.63, 3.8) is 0 Å². The summed E-state index contributed by atoms with van der Waals surface area (Å²) in [5.41, 5.74) is 1.36. The third-order valence-electron chi connectivity index (χ3n) is 6.09. The summed E-state index contributed by atoms with van der Waals surface area (Å²) in [4.78, 5) is 14.9. The molecule has 0 radical (unpaired) electrons. The van der Waals surface area contributed by atoms with Crippen molar-refractivity contribution in [2.75, 3.05) is 26.3 Å². The molecule has 26 heavy (non-hydrogen) atoms. The van der Waals surface area contributed by atoms with Crippen LogP contribution in [0.4, 0.5) is 0 Å². The van der Waals surface area contributed by atoms with Crippen molar-refractivity contribution < 1.29 is 14.3 Å². The van der Waals surface area contributed by atoms with Crippen molar-refractivity contribution in [2.24, 2.45) is 0 Å². The lowest BCUT2D eigenvalue weighted by Crippen LogP contribution is -2.47. The van der Waals surface area contributed by atoms with Crippen LogP contribution in [0.25, 0.3) is 0 Å². The van der Waals surface area contributed by atoms with Gasteiger partial charge in [-0.15, -0.1) is 0 Å². The fourth-order valence-corrected chi connectivity index (χ4v) is 4.67. The van der Waals surface area contributed by atoms with Crippen molar-refractivity contribution in [2.45, 2.75) is 62.8 Å². The van der Waals surface area contributed by atoms with E-state index >= 15 is 0 Å². The van der Waals surface area contributed by atoms with Crippen LogP contribution in [0, 0.1) is 0 Å². The van der Waals surface area contributed by atoms with Crippen LogP contribution in [0.5, 0.6) is 0 Å². The average Bonchev–Trinajstić information content (AvgIpc) is 3.28. The predicted molar refractivity (Wildman–Crippen MR) is 99.8 cm³/mol. The molecule has 1 spiro atoms. The van der Waals surface area contributed by atoms with E-state index in [1.165, 1.54) is 18.4 Å². The Hall–Kier alpha value is -1.43. The normalized spacial score (nSPS) is 26.4. The maximum Gasteiger partial charge on any atom is 0.234 e. The predicted octanol–water partition coefficient (Wildman–Crippen LogP) is 2.50. The maximum absolute atomic E-state index is 12.6. The van der Waals surface area contributed by atoms with Gasteiger partial charge in [-0.1, -0.05) is 30.3 Å². The molecule has 0 unspecified atom stereocenters. The molecule has 1 amide bonds. The lowest BCUT2D eigenvalue weighted by Gasteiger charge is -2.36. The summed E-state index contributed by atoms with van der Waals surface area (Å²) in [5, 5.41) is 3.24. The van der Waals surface area contributed by atoms with Crippen LogP contribution in [-0.4, -0.2) is 55.0 Å². The first-order valence-corrected chi connectivity index (χ1v) is 10.1. The SMILES string of the molecule is O=C(CN1CCC[C@@H]1Cc1ccccc1)NC1CCC2(CC1)OCCO2. The smallest absolute Gasteiger partial charge is 0.234 e. The molecule has 0 aromatic heterocycles. The van der Waals surface area contributed by atoms with E-state index in [9.17, 15) is 4.79 Å². The standard InChI is InChI=1S/C21H30N2O3/c24-20(22-18-8-10-21(11-9-18)25-13-14-26-21)16-23-12-4-7-19(23)15-17-5-2-1-3-6-17/h1-3,5-6,18-19H,4,7-16H2,(H,22,24)/t19-/m1/s1. The van der Waals surface area contributed by atoms with Crippen LogP contribution >= 0.6 is 0 Å². The minimum atomic E-state index is -0.350. The van der Waals surface area contributed by atoms with E-state index in [4.69, 9.17) is 9.47 Å². The maximum atomic E-state index is 12.6. The van der Waals surface area contributed by atoms with E-state index in [1.807, 2.05) is 0 Å². The quantitative estimate of drug-likeness (QED) is 0.879. The number of benzene rings is 1. The summed E-state index contributed by atoms with van der Waals surface area (Å²) in [6.45, 7) is 2.95. The highest BCUT2D eigenvalue weighted by Crippen LogP contribution is 2.35. The number of amides is 1. The molecular formula is C21H30N2O3. The van der Waals surface area contributed by atoms with Crippen LogP contribution in [0.1, 0.15) is 44.1 Å². The fraction of sp³-hybridized carbons (Fsp3) is 0.667. The van der Waals surface area contributed by atoms with Gasteiger partial charge in [-0.25, -0.2) is 0 Å². The highest BCUT2D eigenvalue weighted by molar-refractivity contribution is 5.78. The Bertz CT molecular complexity index is 591. The zero-order valence-corrected chi connectivity index (χ0v) is 15.5. The van der Waals surface area contributed by atoms with Gasteiger partial charge < -0.3 is 14.8 Å². The molecular weight excluding hydrogens is 328 g/mol. The summed E-state index contributed by atoms with van der Waals surface area (Å²) < 4.78 is 11.5. The van der Waals surface area contributed by atoms with Gasteiger partial charge in [0, 0.05) is 24.9 Å². The first-order chi connectivity index (χ1) is 12.7. The average molecular weight is 358 g/mol. The number of likely N-dealkylation sites (tertiary alicyclic amines) is 1. The topological polar surface area (TPSA) is 50.8 Å². The van der Waals surface area contributed by atoms with E-state index in [1.54, 1.807) is 0 Å². The Morgan fingerprint density at radius 3 is 2.58 bits per heavy atom. The van der Waals surface area contributed by atoms with Gasteiger partial charge in [0.25, 0.3) is 0 Å². The number of carbonyl (C=O) groups excluding carboxylic acids is 1. The van der Waals surface area contributed by atoms with Gasteiger partial charge in [-0.05, 0) is 44.2 Å². The number of hydrogen-bond acceptors (Lipinski definition) is 4. The van der Waals surface area contributed by atoms with Gasteiger partial charge >= 0.3 is 0 Å². The Labute approximate surface area is 156 Å². The molecule has 5 nitrogen and oxygen atoms in total. The zero-order valence-electron chi connectivity index (χ0n) is 15.5. The highest BCUT2D eigenvalue weighted by Gasteiger charge is 2.40. The van der Waals surface area contributed by atoms with Crippen LogP contribution in [0.3, 0.4) is 0 Å². The molecule has 1 aromatic rings. The van der Waals surface area contributed by atoms with Crippen molar-refractivity contribution in [1.29, 1.82) is 0 Å². The summed E-state index contributed by atoms with van der Waals surface area (Å²) in [6, 6.07) is 11.3. The number of nitrogens with zero attached hydrogens (tertiary/aromatic N) is 1. The second-order valence-electron chi connectivity index (χ2n) is 7.91. The van der Waals surface area contributed by atoms with E-state index < -0.39 is 0 Å². The van der Waals surface area contributed by atoms with Crippen molar-refractivity contribution >= 4 is 5.91 Å². The van der Waals surface area contributed by atoms with Crippen LogP contribution in [0.2, 0.25) is 0 Å². The van der Waals surface area contributed by atoms with Crippen molar-refractivity contribution in [3.8, 4) is 0 Å². The van der Waals surface area contributed by atoms with E-state index in [0.29, 0.717) is 25.8 Å². The summed E-state index contributed by atoms with van der Waals surface area (Å²) in [6.07, 6.45) is 7.07. The minimum absolute atomic E-state index is 0.166. The van der Waals surface area contributed by atoms with Crippen molar-refractivity contribution in [1.82, 2.24) is 10.2 Å². The largest absolute Gasteiger partial charge is 0.352 e. The molecule has 0 bridgehead atoms. The lowest BCUT2D eigenvalue weighted by atomic mass is 9.90. The summed E-state index contributed by atoms with van der Waals surface area (Å²) in [5.74, 6) is -0.184. The molecule has 4 rings (SSSR count).